The average molecular weight is 299 g/mol. The molecule has 1 heterocycles. The van der Waals surface area contributed by atoms with Gasteiger partial charge in [-0.2, -0.15) is 0 Å². The Balaban J connectivity index is 2.61. The molecule has 0 atom stereocenters. The van der Waals surface area contributed by atoms with E-state index in [0.29, 0.717) is 11.5 Å². The summed E-state index contributed by atoms with van der Waals surface area (Å²) >= 11 is 5.94. The van der Waals surface area contributed by atoms with Crippen LogP contribution in [0.1, 0.15) is 5.56 Å². The standard InChI is InChI=1S/C9H8Cl2O5S/c1-14-8-5(3-17(11,12)13)9-7(2-6(8)10)15-4-16-9/h2H,3-4H2,1H3. The van der Waals surface area contributed by atoms with Crippen molar-refractivity contribution in [3.8, 4) is 17.2 Å². The van der Waals surface area contributed by atoms with Crippen molar-refractivity contribution in [2.24, 2.45) is 0 Å². The monoisotopic (exact) mass is 298 g/mol. The van der Waals surface area contributed by atoms with Crippen molar-refractivity contribution in [1.82, 2.24) is 0 Å². The van der Waals surface area contributed by atoms with E-state index >= 15 is 0 Å². The van der Waals surface area contributed by atoms with Crippen LogP contribution in [0.4, 0.5) is 0 Å². The minimum atomic E-state index is -3.75. The molecule has 0 saturated carbocycles. The highest BCUT2D eigenvalue weighted by molar-refractivity contribution is 8.13. The van der Waals surface area contributed by atoms with Crippen LogP contribution in [-0.4, -0.2) is 22.3 Å². The minimum absolute atomic E-state index is 0.00810. The molecule has 2 rings (SSSR count). The smallest absolute Gasteiger partial charge is 0.237 e. The second-order valence-corrected chi connectivity index (χ2v) is 6.47. The first-order valence-electron chi connectivity index (χ1n) is 4.49. The van der Waals surface area contributed by atoms with Crippen LogP contribution in [0.15, 0.2) is 6.07 Å². The number of halogens is 2. The molecule has 5 nitrogen and oxygen atoms in total. The number of fused-ring (bicyclic) bond motifs is 1. The van der Waals surface area contributed by atoms with Crippen LogP contribution in [0.25, 0.3) is 0 Å². The summed E-state index contributed by atoms with van der Waals surface area (Å²) in [5, 5.41) is 0.243. The molecule has 0 amide bonds. The maximum absolute atomic E-state index is 11.2. The number of benzene rings is 1. The zero-order valence-corrected chi connectivity index (χ0v) is 11.0. The first kappa shape index (κ1) is 12.6. The van der Waals surface area contributed by atoms with E-state index in [2.05, 4.69) is 0 Å². The van der Waals surface area contributed by atoms with Gasteiger partial charge in [-0.15, -0.1) is 0 Å². The van der Waals surface area contributed by atoms with E-state index in [1.165, 1.54) is 13.2 Å². The highest BCUT2D eigenvalue weighted by Gasteiger charge is 2.27. The van der Waals surface area contributed by atoms with Gasteiger partial charge in [0, 0.05) is 16.7 Å². The second kappa shape index (κ2) is 4.44. The molecule has 0 bridgehead atoms. The van der Waals surface area contributed by atoms with Gasteiger partial charge in [0.15, 0.2) is 11.5 Å². The van der Waals surface area contributed by atoms with Crippen molar-refractivity contribution in [3.63, 3.8) is 0 Å². The molecule has 8 heteroatoms. The number of hydrogen-bond acceptors (Lipinski definition) is 5. The number of rotatable bonds is 3. The van der Waals surface area contributed by atoms with Crippen LogP contribution >= 0.6 is 22.3 Å². The Morgan fingerprint density at radius 1 is 1.47 bits per heavy atom. The molecule has 1 aromatic rings. The zero-order valence-electron chi connectivity index (χ0n) is 8.70. The maximum Gasteiger partial charge on any atom is 0.237 e. The Hall–Kier alpha value is -0.850. The summed E-state index contributed by atoms with van der Waals surface area (Å²) in [5.41, 5.74) is 0.266. The highest BCUT2D eigenvalue weighted by Crippen LogP contribution is 2.46. The van der Waals surface area contributed by atoms with Crippen molar-refractivity contribution in [2.45, 2.75) is 5.75 Å². The zero-order chi connectivity index (χ0) is 12.6. The van der Waals surface area contributed by atoms with E-state index in [1.54, 1.807) is 0 Å². The number of hydrogen-bond donors (Lipinski definition) is 0. The van der Waals surface area contributed by atoms with E-state index in [-0.39, 0.29) is 23.1 Å². The van der Waals surface area contributed by atoms with Crippen molar-refractivity contribution < 1.29 is 22.6 Å². The molecule has 0 aromatic heterocycles. The summed E-state index contributed by atoms with van der Waals surface area (Å²) in [5.74, 6) is 0.464. The van der Waals surface area contributed by atoms with E-state index < -0.39 is 14.8 Å². The van der Waals surface area contributed by atoms with Gasteiger partial charge in [-0.1, -0.05) is 11.6 Å². The van der Waals surface area contributed by atoms with Crippen molar-refractivity contribution >= 4 is 31.3 Å². The molecule has 0 saturated heterocycles. The van der Waals surface area contributed by atoms with Gasteiger partial charge in [-0.25, -0.2) is 8.42 Å². The van der Waals surface area contributed by atoms with Crippen LogP contribution in [0.3, 0.4) is 0 Å². The van der Waals surface area contributed by atoms with Crippen molar-refractivity contribution in [2.75, 3.05) is 13.9 Å². The number of ether oxygens (including phenoxy) is 3. The molecule has 0 unspecified atom stereocenters. The molecule has 17 heavy (non-hydrogen) atoms. The molecule has 0 radical (unpaired) electrons. The van der Waals surface area contributed by atoms with Crippen LogP contribution in [0.2, 0.25) is 5.02 Å². The van der Waals surface area contributed by atoms with Gasteiger partial charge >= 0.3 is 0 Å². The van der Waals surface area contributed by atoms with Crippen LogP contribution < -0.4 is 14.2 Å². The summed E-state index contributed by atoms with van der Waals surface area (Å²) in [6, 6.07) is 1.51. The quantitative estimate of drug-likeness (QED) is 0.800. The highest BCUT2D eigenvalue weighted by atomic mass is 35.7. The van der Waals surface area contributed by atoms with Crippen LogP contribution in [-0.2, 0) is 14.8 Å². The largest absolute Gasteiger partial charge is 0.495 e. The van der Waals surface area contributed by atoms with Gasteiger partial charge in [0.25, 0.3) is 0 Å². The molecular weight excluding hydrogens is 291 g/mol. The molecule has 94 valence electrons. The van der Waals surface area contributed by atoms with Gasteiger partial charge < -0.3 is 14.2 Å². The minimum Gasteiger partial charge on any atom is -0.495 e. The van der Waals surface area contributed by atoms with E-state index in [9.17, 15) is 8.42 Å². The Kier molecular flexibility index (Phi) is 3.29. The predicted octanol–water partition coefficient (Wildman–Crippen LogP) is 2.15. The third-order valence-electron chi connectivity index (χ3n) is 2.19. The predicted molar refractivity (Wildman–Crippen MR) is 62.6 cm³/mol. The van der Waals surface area contributed by atoms with Gasteiger partial charge in [0.1, 0.15) is 5.75 Å². The maximum atomic E-state index is 11.2. The Morgan fingerprint density at radius 3 is 2.76 bits per heavy atom. The lowest BCUT2D eigenvalue weighted by atomic mass is 10.2. The Labute approximate surface area is 108 Å². The lowest BCUT2D eigenvalue weighted by molar-refractivity contribution is 0.173. The fourth-order valence-electron chi connectivity index (χ4n) is 1.58. The Bertz CT molecular complexity index is 551. The van der Waals surface area contributed by atoms with Gasteiger partial charge in [-0.3, -0.25) is 0 Å². The van der Waals surface area contributed by atoms with Crippen LogP contribution in [0.5, 0.6) is 17.2 Å². The fraction of sp³-hybridized carbons (Fsp3) is 0.333. The Morgan fingerprint density at radius 2 is 2.18 bits per heavy atom. The number of methoxy groups -OCH3 is 1. The topological polar surface area (TPSA) is 61.8 Å². The first-order valence-corrected chi connectivity index (χ1v) is 7.35. The van der Waals surface area contributed by atoms with E-state index in [0.717, 1.165) is 0 Å². The molecule has 0 spiro atoms. The third kappa shape index (κ3) is 2.53. The molecule has 1 aromatic carbocycles. The first-order chi connectivity index (χ1) is 7.92. The summed E-state index contributed by atoms with van der Waals surface area (Å²) in [6.45, 7) is 0.00810. The fourth-order valence-corrected chi connectivity index (χ4v) is 2.81. The normalized spacial score (nSPS) is 13.8. The summed E-state index contributed by atoms with van der Waals surface area (Å²) in [7, 11) is 2.86. The molecule has 0 N–H and O–H groups in total. The van der Waals surface area contributed by atoms with E-state index in [4.69, 9.17) is 36.5 Å². The second-order valence-electron chi connectivity index (χ2n) is 3.29. The van der Waals surface area contributed by atoms with E-state index in [1.807, 2.05) is 0 Å². The lowest BCUT2D eigenvalue weighted by Gasteiger charge is -2.11. The van der Waals surface area contributed by atoms with Crippen molar-refractivity contribution in [1.29, 1.82) is 0 Å². The third-order valence-corrected chi connectivity index (χ3v) is 3.43. The molecule has 0 aliphatic carbocycles. The van der Waals surface area contributed by atoms with Gasteiger partial charge in [0.2, 0.25) is 15.8 Å². The van der Waals surface area contributed by atoms with Crippen molar-refractivity contribution in [3.05, 3.63) is 16.7 Å². The molecule has 1 aliphatic heterocycles. The lowest BCUT2D eigenvalue weighted by Crippen LogP contribution is -2.01. The summed E-state index contributed by atoms with van der Waals surface area (Å²) < 4.78 is 37.7. The van der Waals surface area contributed by atoms with Gasteiger partial charge in [0.05, 0.1) is 23.4 Å². The molecule has 1 aliphatic rings. The summed E-state index contributed by atoms with van der Waals surface area (Å²) in [6.07, 6.45) is 0. The van der Waals surface area contributed by atoms with Crippen LogP contribution in [0, 0.1) is 0 Å². The SMILES string of the molecule is COc1c(Cl)cc2c(c1CS(=O)(=O)Cl)OCO2. The average Bonchev–Trinajstić information content (AvgIpc) is 2.63. The molecule has 0 fully saturated rings. The summed E-state index contributed by atoms with van der Waals surface area (Å²) in [4.78, 5) is 0. The van der Waals surface area contributed by atoms with Gasteiger partial charge in [-0.05, 0) is 0 Å². The molecular formula is C9H8Cl2O5S.